The van der Waals surface area contributed by atoms with Crippen LogP contribution in [0.2, 0.25) is 0 Å². The zero-order valence-electron chi connectivity index (χ0n) is 13.4. The van der Waals surface area contributed by atoms with Crippen molar-refractivity contribution in [3.63, 3.8) is 0 Å². The average Bonchev–Trinajstić information content (AvgIpc) is 3.07. The summed E-state index contributed by atoms with van der Waals surface area (Å²) in [5, 5.41) is 3.52. The van der Waals surface area contributed by atoms with Crippen LogP contribution in [0.5, 0.6) is 5.75 Å². The number of hydrogen-bond donors (Lipinski definition) is 1. The molecule has 2 fully saturated rings. The number of piperidine rings is 1. The van der Waals surface area contributed by atoms with E-state index in [-0.39, 0.29) is 5.91 Å². The zero-order chi connectivity index (χ0) is 16.7. The Morgan fingerprint density at radius 1 is 1.35 bits per heavy atom. The topological polar surface area (TPSA) is 41.6 Å². The summed E-state index contributed by atoms with van der Waals surface area (Å²) in [6, 6.07) is 8.26. The molecule has 1 aromatic rings. The van der Waals surface area contributed by atoms with E-state index in [1.165, 1.54) is 0 Å². The quantitative estimate of drug-likeness (QED) is 0.836. The van der Waals surface area contributed by atoms with E-state index in [0.29, 0.717) is 12.5 Å². The van der Waals surface area contributed by atoms with Crippen LogP contribution in [0.1, 0.15) is 26.2 Å². The maximum atomic E-state index is 12.6. The highest BCUT2D eigenvalue weighted by atomic mass is 35.5. The number of alkyl halides is 2. The molecule has 1 heterocycles. The highest BCUT2D eigenvalue weighted by molar-refractivity contribution is 6.53. The van der Waals surface area contributed by atoms with Crippen LogP contribution in [-0.4, -0.2) is 41.4 Å². The van der Waals surface area contributed by atoms with Crippen LogP contribution in [0.3, 0.4) is 0 Å². The lowest BCUT2D eigenvalue weighted by Crippen LogP contribution is -2.45. The number of methoxy groups -OCH3 is 1. The fraction of sp³-hybridized carbons (Fsp3) is 0.588. The Morgan fingerprint density at radius 2 is 2.00 bits per heavy atom. The number of ether oxygens (including phenoxy) is 1. The van der Waals surface area contributed by atoms with Crippen LogP contribution >= 0.6 is 23.2 Å². The second kappa shape index (κ2) is 6.06. The lowest BCUT2D eigenvalue weighted by atomic mass is 10.0. The van der Waals surface area contributed by atoms with Crippen molar-refractivity contribution < 1.29 is 9.53 Å². The van der Waals surface area contributed by atoms with Gasteiger partial charge in [0.25, 0.3) is 0 Å². The van der Waals surface area contributed by atoms with E-state index in [1.54, 1.807) is 7.11 Å². The number of likely N-dealkylation sites (tertiary alicyclic amines) is 1. The number of halogens is 2. The largest absolute Gasteiger partial charge is 0.497 e. The van der Waals surface area contributed by atoms with E-state index < -0.39 is 9.75 Å². The van der Waals surface area contributed by atoms with Crippen LogP contribution in [0.25, 0.3) is 0 Å². The molecule has 1 aromatic carbocycles. The molecule has 1 atom stereocenters. The van der Waals surface area contributed by atoms with Crippen molar-refractivity contribution in [2.24, 2.45) is 5.41 Å². The molecular formula is C17H22Cl2N2O2. The van der Waals surface area contributed by atoms with E-state index in [2.05, 4.69) is 5.32 Å². The third-order valence-corrected chi connectivity index (χ3v) is 6.05. The second-order valence-corrected chi connectivity index (χ2v) is 8.14. The third-order valence-electron chi connectivity index (χ3n) is 4.95. The SMILES string of the molecule is COc1cccc(NC2CCN(C(=O)C3(C)CC3(Cl)Cl)CC2)c1. The Labute approximate surface area is 147 Å². The van der Waals surface area contributed by atoms with E-state index in [4.69, 9.17) is 27.9 Å². The standard InChI is InChI=1S/C17H22Cl2N2O2/c1-16(11-17(16,18)19)15(22)21-8-6-12(7-9-21)20-13-4-3-5-14(10-13)23-2/h3-5,10,12,20H,6-9,11H2,1-2H3. The Kier molecular flexibility index (Phi) is 4.41. The Hall–Kier alpha value is -1.13. The van der Waals surface area contributed by atoms with Crippen LogP contribution in [-0.2, 0) is 4.79 Å². The molecule has 1 N–H and O–H groups in total. The summed E-state index contributed by atoms with van der Waals surface area (Å²) in [5.74, 6) is 0.923. The summed E-state index contributed by atoms with van der Waals surface area (Å²) >= 11 is 12.2. The van der Waals surface area contributed by atoms with Gasteiger partial charge in [0.15, 0.2) is 0 Å². The van der Waals surface area contributed by atoms with Gasteiger partial charge in [0.05, 0.1) is 12.5 Å². The number of anilines is 1. The molecule has 1 amide bonds. The first-order valence-electron chi connectivity index (χ1n) is 7.93. The van der Waals surface area contributed by atoms with Gasteiger partial charge in [0, 0.05) is 30.9 Å². The fourth-order valence-electron chi connectivity index (χ4n) is 3.16. The lowest BCUT2D eigenvalue weighted by molar-refractivity contribution is -0.137. The van der Waals surface area contributed by atoms with Gasteiger partial charge in [-0.1, -0.05) is 6.07 Å². The maximum Gasteiger partial charge on any atom is 0.231 e. The van der Waals surface area contributed by atoms with Gasteiger partial charge in [-0.2, -0.15) is 0 Å². The summed E-state index contributed by atoms with van der Waals surface area (Å²) < 4.78 is 4.35. The van der Waals surface area contributed by atoms with E-state index in [0.717, 1.165) is 37.4 Å². The van der Waals surface area contributed by atoms with Gasteiger partial charge >= 0.3 is 0 Å². The molecule has 0 aromatic heterocycles. The molecule has 0 bridgehead atoms. The van der Waals surface area contributed by atoms with Gasteiger partial charge in [-0.25, -0.2) is 0 Å². The minimum atomic E-state index is -0.889. The molecule has 4 nitrogen and oxygen atoms in total. The highest BCUT2D eigenvalue weighted by Crippen LogP contribution is 2.64. The molecule has 126 valence electrons. The number of hydrogen-bond acceptors (Lipinski definition) is 3. The molecule has 1 aliphatic heterocycles. The van der Waals surface area contributed by atoms with Crippen molar-refractivity contribution >= 4 is 34.8 Å². The first-order valence-corrected chi connectivity index (χ1v) is 8.69. The average molecular weight is 357 g/mol. The van der Waals surface area contributed by atoms with E-state index in [1.807, 2.05) is 36.1 Å². The molecule has 1 aliphatic carbocycles. The maximum absolute atomic E-state index is 12.6. The number of nitrogens with one attached hydrogen (secondary N) is 1. The number of benzene rings is 1. The normalized spacial score (nSPS) is 26.7. The predicted molar refractivity (Wildman–Crippen MR) is 93.4 cm³/mol. The summed E-state index contributed by atoms with van der Waals surface area (Å²) in [6.07, 6.45) is 2.37. The van der Waals surface area contributed by atoms with Gasteiger partial charge in [0.2, 0.25) is 5.91 Å². The molecular weight excluding hydrogens is 335 g/mol. The van der Waals surface area contributed by atoms with E-state index >= 15 is 0 Å². The van der Waals surface area contributed by atoms with Gasteiger partial charge in [0.1, 0.15) is 10.1 Å². The number of nitrogens with zero attached hydrogens (tertiary/aromatic N) is 1. The molecule has 1 saturated carbocycles. The van der Waals surface area contributed by atoms with Crippen molar-refractivity contribution in [2.45, 2.75) is 36.6 Å². The van der Waals surface area contributed by atoms with Gasteiger partial charge < -0.3 is 15.0 Å². The number of rotatable bonds is 4. The minimum Gasteiger partial charge on any atom is -0.497 e. The molecule has 1 unspecified atom stereocenters. The number of carbonyl (C=O) groups is 1. The highest BCUT2D eigenvalue weighted by Gasteiger charge is 2.68. The fourth-order valence-corrected chi connectivity index (χ4v) is 3.85. The van der Waals surface area contributed by atoms with Crippen LogP contribution in [0.15, 0.2) is 24.3 Å². The second-order valence-electron chi connectivity index (χ2n) is 6.66. The zero-order valence-corrected chi connectivity index (χ0v) is 15.0. The summed E-state index contributed by atoms with van der Waals surface area (Å²) in [6.45, 7) is 3.33. The smallest absolute Gasteiger partial charge is 0.231 e. The van der Waals surface area contributed by atoms with Crippen LogP contribution < -0.4 is 10.1 Å². The molecule has 2 aliphatic rings. The van der Waals surface area contributed by atoms with Gasteiger partial charge in [-0.05, 0) is 38.3 Å². The Bertz CT molecular complexity index is 600. The monoisotopic (exact) mass is 356 g/mol. The molecule has 0 spiro atoms. The molecule has 3 rings (SSSR count). The van der Waals surface area contributed by atoms with Crippen molar-refractivity contribution in [3.8, 4) is 5.75 Å². The molecule has 6 heteroatoms. The first-order chi connectivity index (χ1) is 10.9. The van der Waals surface area contributed by atoms with Crippen LogP contribution in [0, 0.1) is 5.41 Å². The van der Waals surface area contributed by atoms with Crippen molar-refractivity contribution in [1.29, 1.82) is 0 Å². The number of carbonyl (C=O) groups excluding carboxylic acids is 1. The van der Waals surface area contributed by atoms with Gasteiger partial charge in [-0.15, -0.1) is 23.2 Å². The van der Waals surface area contributed by atoms with Crippen molar-refractivity contribution in [2.75, 3.05) is 25.5 Å². The van der Waals surface area contributed by atoms with Crippen molar-refractivity contribution in [1.82, 2.24) is 4.90 Å². The summed E-state index contributed by atoms with van der Waals surface area (Å²) in [4.78, 5) is 14.5. The number of amides is 1. The minimum absolute atomic E-state index is 0.0855. The van der Waals surface area contributed by atoms with Crippen molar-refractivity contribution in [3.05, 3.63) is 24.3 Å². The Morgan fingerprint density at radius 3 is 2.57 bits per heavy atom. The Balaban J connectivity index is 1.53. The third kappa shape index (κ3) is 3.24. The van der Waals surface area contributed by atoms with E-state index in [9.17, 15) is 4.79 Å². The molecule has 1 saturated heterocycles. The molecule has 0 radical (unpaired) electrons. The first kappa shape index (κ1) is 16.7. The van der Waals surface area contributed by atoms with Crippen LogP contribution in [0.4, 0.5) is 5.69 Å². The summed E-state index contributed by atoms with van der Waals surface area (Å²) in [7, 11) is 1.66. The molecule has 23 heavy (non-hydrogen) atoms. The summed E-state index contributed by atoms with van der Waals surface area (Å²) in [5.41, 5.74) is 0.437. The lowest BCUT2D eigenvalue weighted by Gasteiger charge is -2.34. The van der Waals surface area contributed by atoms with Gasteiger partial charge in [-0.3, -0.25) is 4.79 Å². The predicted octanol–water partition coefficient (Wildman–Crippen LogP) is 3.68.